The Morgan fingerprint density at radius 3 is 2.53 bits per heavy atom. The Bertz CT molecular complexity index is 1220. The van der Waals surface area contributed by atoms with Crippen molar-refractivity contribution in [2.24, 2.45) is 0 Å². The van der Waals surface area contributed by atoms with E-state index in [0.29, 0.717) is 13.1 Å². The van der Waals surface area contributed by atoms with E-state index in [1.807, 2.05) is 76.6 Å². The van der Waals surface area contributed by atoms with Crippen LogP contribution in [0.4, 0.5) is 0 Å². The third-order valence-corrected chi connectivity index (χ3v) is 5.35. The maximum Gasteiger partial charge on any atom is 0.247 e. The topological polar surface area (TPSA) is 43.1 Å². The zero-order chi connectivity index (χ0) is 20.5. The first kappa shape index (κ1) is 18.2. The van der Waals surface area contributed by atoms with Crippen molar-refractivity contribution >= 4 is 12.0 Å². The first-order valence-electron chi connectivity index (χ1n) is 10.0. The molecule has 1 aliphatic heterocycles. The van der Waals surface area contributed by atoms with Gasteiger partial charge in [0.25, 0.3) is 0 Å². The molecule has 5 rings (SSSR count). The second kappa shape index (κ2) is 7.52. The third-order valence-electron chi connectivity index (χ3n) is 5.35. The Kier molecular flexibility index (Phi) is 4.56. The van der Waals surface area contributed by atoms with Gasteiger partial charge in [0.15, 0.2) is 0 Å². The molecule has 0 atom stereocenters. The number of benzene rings is 2. The second-order valence-electron chi connectivity index (χ2n) is 7.53. The van der Waals surface area contributed by atoms with Crippen LogP contribution in [0.25, 0.3) is 17.6 Å². The SMILES string of the molecule is Cc1cccc(-n2nc3c(c2-n2cccc2)CN(C(=O)/C=C/c2ccccc2)C3)c1. The maximum absolute atomic E-state index is 12.8. The first-order chi connectivity index (χ1) is 14.7. The number of carbonyl (C=O) groups is 1. The molecular formula is C25H22N4O. The number of hydrogen-bond donors (Lipinski definition) is 0. The third kappa shape index (κ3) is 3.35. The van der Waals surface area contributed by atoms with Gasteiger partial charge in [0.05, 0.1) is 24.5 Å². The molecular weight excluding hydrogens is 372 g/mol. The monoisotopic (exact) mass is 394 g/mol. The van der Waals surface area contributed by atoms with E-state index >= 15 is 0 Å². The average Bonchev–Trinajstić information content (AvgIpc) is 3.48. The molecule has 0 N–H and O–H groups in total. The lowest BCUT2D eigenvalue weighted by Gasteiger charge is -2.16. The first-order valence-corrected chi connectivity index (χ1v) is 10.0. The highest BCUT2D eigenvalue weighted by Gasteiger charge is 2.30. The van der Waals surface area contributed by atoms with Crippen molar-refractivity contribution < 1.29 is 4.79 Å². The Hall–Kier alpha value is -3.86. The summed E-state index contributed by atoms with van der Waals surface area (Å²) in [4.78, 5) is 14.6. The number of amides is 1. The van der Waals surface area contributed by atoms with Crippen molar-refractivity contribution in [1.82, 2.24) is 19.2 Å². The van der Waals surface area contributed by atoms with Gasteiger partial charge in [-0.1, -0.05) is 42.5 Å². The van der Waals surface area contributed by atoms with Crippen LogP contribution >= 0.6 is 0 Å². The van der Waals surface area contributed by atoms with E-state index in [2.05, 4.69) is 29.7 Å². The minimum absolute atomic E-state index is 0.00239. The van der Waals surface area contributed by atoms with Crippen LogP contribution in [-0.4, -0.2) is 25.2 Å². The molecule has 0 aliphatic carbocycles. The second-order valence-corrected chi connectivity index (χ2v) is 7.53. The van der Waals surface area contributed by atoms with Crippen molar-refractivity contribution in [3.63, 3.8) is 0 Å². The molecule has 0 unspecified atom stereocenters. The minimum atomic E-state index is -0.00239. The molecule has 0 saturated heterocycles. The standard InChI is InChI=1S/C25H22N4O/c1-19-8-7-11-21(16-19)29-25(27-14-5-6-15-27)22-17-28(18-23(22)26-29)24(30)13-12-20-9-3-2-4-10-20/h2-16H,17-18H2,1H3/b13-12+. The van der Waals surface area contributed by atoms with E-state index in [-0.39, 0.29) is 5.91 Å². The van der Waals surface area contributed by atoms with Crippen molar-refractivity contribution in [3.05, 3.63) is 108 Å². The van der Waals surface area contributed by atoms with Crippen LogP contribution < -0.4 is 0 Å². The molecule has 1 aliphatic rings. The molecule has 0 bridgehead atoms. The Labute approximate surface area is 175 Å². The van der Waals surface area contributed by atoms with Crippen LogP contribution in [0, 0.1) is 6.92 Å². The molecule has 4 aromatic rings. The lowest BCUT2D eigenvalue weighted by Crippen LogP contribution is -2.24. The molecule has 2 aromatic carbocycles. The smallest absolute Gasteiger partial charge is 0.247 e. The zero-order valence-electron chi connectivity index (χ0n) is 16.8. The van der Waals surface area contributed by atoms with E-state index in [4.69, 9.17) is 5.10 Å². The van der Waals surface area contributed by atoms with Gasteiger partial charge in [-0.3, -0.25) is 4.79 Å². The highest BCUT2D eigenvalue weighted by atomic mass is 16.2. The van der Waals surface area contributed by atoms with Gasteiger partial charge in [0, 0.05) is 24.0 Å². The van der Waals surface area contributed by atoms with Gasteiger partial charge in [0.1, 0.15) is 5.82 Å². The molecule has 5 nitrogen and oxygen atoms in total. The van der Waals surface area contributed by atoms with E-state index in [9.17, 15) is 4.79 Å². The molecule has 30 heavy (non-hydrogen) atoms. The zero-order valence-corrected chi connectivity index (χ0v) is 16.8. The lowest BCUT2D eigenvalue weighted by molar-refractivity contribution is -0.126. The van der Waals surface area contributed by atoms with Crippen LogP contribution in [0.1, 0.15) is 22.4 Å². The highest BCUT2D eigenvalue weighted by molar-refractivity contribution is 5.92. The van der Waals surface area contributed by atoms with Crippen LogP contribution in [0.5, 0.6) is 0 Å². The van der Waals surface area contributed by atoms with Gasteiger partial charge in [-0.15, -0.1) is 0 Å². The Morgan fingerprint density at radius 1 is 0.967 bits per heavy atom. The van der Waals surface area contributed by atoms with Crippen LogP contribution in [0.3, 0.4) is 0 Å². The number of hydrogen-bond acceptors (Lipinski definition) is 2. The molecule has 2 aromatic heterocycles. The van der Waals surface area contributed by atoms with Gasteiger partial charge in [-0.05, 0) is 48.4 Å². The highest BCUT2D eigenvalue weighted by Crippen LogP contribution is 2.30. The summed E-state index contributed by atoms with van der Waals surface area (Å²) in [6.07, 6.45) is 7.54. The molecule has 3 heterocycles. The lowest BCUT2D eigenvalue weighted by atomic mass is 10.2. The Balaban J connectivity index is 1.47. The number of carbonyl (C=O) groups excluding carboxylic acids is 1. The van der Waals surface area contributed by atoms with E-state index in [1.54, 1.807) is 6.08 Å². The van der Waals surface area contributed by atoms with Crippen molar-refractivity contribution in [2.45, 2.75) is 20.0 Å². The summed E-state index contributed by atoms with van der Waals surface area (Å²) in [5.41, 5.74) is 5.26. The fraction of sp³-hybridized carbons (Fsp3) is 0.120. The molecule has 0 saturated carbocycles. The summed E-state index contributed by atoms with van der Waals surface area (Å²) in [5.74, 6) is 0.986. The number of rotatable bonds is 4. The number of fused-ring (bicyclic) bond motifs is 1. The number of aromatic nitrogens is 3. The van der Waals surface area contributed by atoms with Crippen LogP contribution in [-0.2, 0) is 17.9 Å². The molecule has 0 spiro atoms. The van der Waals surface area contributed by atoms with Crippen molar-refractivity contribution in [3.8, 4) is 11.5 Å². The van der Waals surface area contributed by atoms with Gasteiger partial charge >= 0.3 is 0 Å². The van der Waals surface area contributed by atoms with Gasteiger partial charge in [-0.25, -0.2) is 4.68 Å². The van der Waals surface area contributed by atoms with Crippen LogP contribution in [0.15, 0.2) is 85.2 Å². The molecule has 0 radical (unpaired) electrons. The number of nitrogens with zero attached hydrogens (tertiary/aromatic N) is 4. The largest absolute Gasteiger partial charge is 0.329 e. The van der Waals surface area contributed by atoms with Crippen molar-refractivity contribution in [2.75, 3.05) is 0 Å². The normalized spacial score (nSPS) is 13.2. The van der Waals surface area contributed by atoms with Gasteiger partial charge in [-0.2, -0.15) is 5.10 Å². The van der Waals surface area contributed by atoms with E-state index in [0.717, 1.165) is 28.3 Å². The number of aryl methyl sites for hydroxylation is 1. The summed E-state index contributed by atoms with van der Waals surface area (Å²) >= 11 is 0. The fourth-order valence-corrected chi connectivity index (χ4v) is 3.88. The molecule has 1 amide bonds. The Morgan fingerprint density at radius 2 is 1.77 bits per heavy atom. The van der Waals surface area contributed by atoms with Gasteiger partial charge < -0.3 is 9.47 Å². The van der Waals surface area contributed by atoms with E-state index < -0.39 is 0 Å². The summed E-state index contributed by atoms with van der Waals surface area (Å²) in [7, 11) is 0. The summed E-state index contributed by atoms with van der Waals surface area (Å²) < 4.78 is 4.06. The van der Waals surface area contributed by atoms with Crippen molar-refractivity contribution in [1.29, 1.82) is 0 Å². The predicted octanol–water partition coefficient (Wildman–Crippen LogP) is 4.53. The predicted molar refractivity (Wildman–Crippen MR) is 117 cm³/mol. The minimum Gasteiger partial charge on any atom is -0.329 e. The maximum atomic E-state index is 12.8. The van der Waals surface area contributed by atoms with Crippen LogP contribution in [0.2, 0.25) is 0 Å². The van der Waals surface area contributed by atoms with E-state index in [1.165, 1.54) is 5.56 Å². The fourth-order valence-electron chi connectivity index (χ4n) is 3.88. The summed E-state index contributed by atoms with van der Waals surface area (Å²) in [5, 5.41) is 4.89. The molecule has 5 heteroatoms. The molecule has 148 valence electrons. The average molecular weight is 394 g/mol. The molecule has 0 fully saturated rings. The summed E-state index contributed by atoms with van der Waals surface area (Å²) in [6, 6.07) is 22.2. The summed E-state index contributed by atoms with van der Waals surface area (Å²) in [6.45, 7) is 3.14. The van der Waals surface area contributed by atoms with Gasteiger partial charge in [0.2, 0.25) is 5.91 Å². The quantitative estimate of drug-likeness (QED) is 0.478.